The molecule has 0 bridgehead atoms. The monoisotopic (exact) mass is 357 g/mol. The number of nitrogens with one attached hydrogen (secondary N) is 1. The quantitative estimate of drug-likeness (QED) is 0.623. The number of amides is 1. The molecule has 0 saturated heterocycles. The fraction of sp³-hybridized carbons (Fsp3) is 0.357. The van der Waals surface area contributed by atoms with Crippen LogP contribution in [-0.4, -0.2) is 27.5 Å². The summed E-state index contributed by atoms with van der Waals surface area (Å²) in [4.78, 5) is 12.1. The first-order valence-electron chi connectivity index (χ1n) is 6.68. The summed E-state index contributed by atoms with van der Waals surface area (Å²) in [6.07, 6.45) is -0.690. The number of carbonyl (C=O) groups excluding carboxylic acids is 1. The van der Waals surface area contributed by atoms with E-state index in [1.165, 1.54) is 11.3 Å². The van der Waals surface area contributed by atoms with Gasteiger partial charge in [-0.1, -0.05) is 60.7 Å². The molecule has 0 radical (unpaired) electrons. The lowest BCUT2D eigenvalue weighted by Crippen LogP contribution is -2.30. The summed E-state index contributed by atoms with van der Waals surface area (Å²) in [6, 6.07) is 7.03. The Morgan fingerprint density at radius 1 is 1.32 bits per heavy atom. The van der Waals surface area contributed by atoms with Crippen LogP contribution in [0.4, 0.5) is 5.13 Å². The van der Waals surface area contributed by atoms with Crippen molar-refractivity contribution in [2.24, 2.45) is 0 Å². The van der Waals surface area contributed by atoms with Gasteiger partial charge in [0.15, 0.2) is 10.4 Å². The molecule has 1 unspecified atom stereocenters. The second kappa shape index (κ2) is 7.80. The molecule has 1 atom stereocenters. The molecule has 1 aromatic carbocycles. The Balaban J connectivity index is 1.94. The average Bonchev–Trinajstić information content (AvgIpc) is 2.87. The second-order valence-electron chi connectivity index (χ2n) is 4.72. The highest BCUT2D eigenvalue weighted by Crippen LogP contribution is 2.29. The molecule has 1 N–H and O–H groups in total. The molecule has 0 spiro atoms. The fourth-order valence-electron chi connectivity index (χ4n) is 1.50. The molecule has 0 aliphatic heterocycles. The number of halogens is 1. The fourth-order valence-corrected chi connectivity index (χ4v) is 3.66. The smallest absolute Gasteiger partial charge is 0.266 e. The zero-order chi connectivity index (χ0) is 16.1. The van der Waals surface area contributed by atoms with Gasteiger partial charge in [-0.25, -0.2) is 0 Å². The van der Waals surface area contributed by atoms with E-state index in [9.17, 15) is 4.79 Å². The zero-order valence-corrected chi connectivity index (χ0v) is 14.8. The van der Waals surface area contributed by atoms with Crippen LogP contribution in [0.5, 0.6) is 5.75 Å². The van der Waals surface area contributed by atoms with Gasteiger partial charge >= 0.3 is 0 Å². The number of carbonyl (C=O) groups is 1. The van der Waals surface area contributed by atoms with Crippen LogP contribution in [0.3, 0.4) is 0 Å². The number of aromatic nitrogens is 2. The Hall–Kier alpha value is -1.31. The summed E-state index contributed by atoms with van der Waals surface area (Å²) >= 11 is 8.95. The van der Waals surface area contributed by atoms with Gasteiger partial charge < -0.3 is 4.74 Å². The largest absolute Gasteiger partial charge is 0.479 e. The Labute approximate surface area is 142 Å². The molecule has 8 heteroatoms. The van der Waals surface area contributed by atoms with E-state index in [-0.39, 0.29) is 5.91 Å². The lowest BCUT2D eigenvalue weighted by molar-refractivity contribution is -0.122. The van der Waals surface area contributed by atoms with Crippen LogP contribution in [0, 0.1) is 0 Å². The molecule has 2 rings (SSSR count). The predicted molar refractivity (Wildman–Crippen MR) is 91.1 cm³/mol. The Morgan fingerprint density at radius 3 is 2.73 bits per heavy atom. The highest BCUT2D eigenvalue weighted by atomic mass is 35.5. The number of thioether (sulfide) groups is 1. The van der Waals surface area contributed by atoms with Gasteiger partial charge in [0.2, 0.25) is 5.13 Å². The van der Waals surface area contributed by atoms with E-state index in [1.807, 2.05) is 0 Å². The number of rotatable bonds is 6. The maximum atomic E-state index is 12.1. The minimum atomic E-state index is -0.690. The summed E-state index contributed by atoms with van der Waals surface area (Å²) < 4.78 is 6.38. The van der Waals surface area contributed by atoms with E-state index in [0.29, 0.717) is 21.2 Å². The molecule has 118 valence electrons. The molecule has 1 heterocycles. The van der Waals surface area contributed by atoms with Gasteiger partial charge in [0.25, 0.3) is 5.91 Å². The van der Waals surface area contributed by atoms with E-state index in [0.717, 1.165) is 4.34 Å². The first kappa shape index (κ1) is 17.1. The van der Waals surface area contributed by atoms with Crippen molar-refractivity contribution in [3.63, 3.8) is 0 Å². The summed E-state index contributed by atoms with van der Waals surface area (Å²) in [5, 5.41) is 12.0. The molecular weight excluding hydrogens is 342 g/mol. The van der Waals surface area contributed by atoms with Crippen molar-refractivity contribution in [2.75, 3.05) is 5.32 Å². The Bertz CT molecular complexity index is 649. The van der Waals surface area contributed by atoms with E-state index >= 15 is 0 Å². The number of hydrogen-bond acceptors (Lipinski definition) is 6. The number of hydrogen-bond donors (Lipinski definition) is 1. The van der Waals surface area contributed by atoms with Crippen molar-refractivity contribution < 1.29 is 9.53 Å². The molecule has 0 fully saturated rings. The highest BCUT2D eigenvalue weighted by molar-refractivity contribution is 8.01. The molecule has 22 heavy (non-hydrogen) atoms. The normalized spacial score (nSPS) is 12.2. The third-order valence-electron chi connectivity index (χ3n) is 2.48. The van der Waals surface area contributed by atoms with Crippen molar-refractivity contribution in [3.8, 4) is 5.75 Å². The van der Waals surface area contributed by atoms with Crippen LogP contribution in [-0.2, 0) is 4.79 Å². The maximum absolute atomic E-state index is 12.1. The topological polar surface area (TPSA) is 64.1 Å². The summed E-state index contributed by atoms with van der Waals surface area (Å²) in [7, 11) is 0. The molecule has 5 nitrogen and oxygen atoms in total. The lowest BCUT2D eigenvalue weighted by atomic mass is 10.3. The highest BCUT2D eigenvalue weighted by Gasteiger charge is 2.18. The van der Waals surface area contributed by atoms with Crippen LogP contribution in [0.2, 0.25) is 5.02 Å². The molecule has 1 aromatic heterocycles. The van der Waals surface area contributed by atoms with Gasteiger partial charge in [-0.2, -0.15) is 0 Å². The van der Waals surface area contributed by atoms with E-state index in [4.69, 9.17) is 16.3 Å². The summed E-state index contributed by atoms with van der Waals surface area (Å²) in [5.74, 6) is 0.178. The summed E-state index contributed by atoms with van der Waals surface area (Å²) in [5.41, 5.74) is 0. The van der Waals surface area contributed by atoms with Gasteiger partial charge in [-0.05, 0) is 19.1 Å². The lowest BCUT2D eigenvalue weighted by Gasteiger charge is -2.14. The Kier molecular flexibility index (Phi) is 6.05. The van der Waals surface area contributed by atoms with Gasteiger partial charge in [-0.15, -0.1) is 10.2 Å². The van der Waals surface area contributed by atoms with Crippen LogP contribution < -0.4 is 10.1 Å². The third-order valence-corrected chi connectivity index (χ3v) is 4.72. The standard InChI is InChI=1S/C14H16ClN3O2S2/c1-8(2)21-14-18-17-13(22-14)16-12(19)9(3)20-11-7-5-4-6-10(11)15/h4-9H,1-3H3,(H,16,17,19). The molecule has 0 aliphatic carbocycles. The van der Waals surface area contributed by atoms with Crippen molar-refractivity contribution in [3.05, 3.63) is 29.3 Å². The number of nitrogens with zero attached hydrogens (tertiary/aromatic N) is 2. The van der Waals surface area contributed by atoms with Crippen LogP contribution in [0.1, 0.15) is 20.8 Å². The predicted octanol–water partition coefficient (Wildman–Crippen LogP) is 4.10. The van der Waals surface area contributed by atoms with Crippen molar-refractivity contribution in [1.82, 2.24) is 10.2 Å². The first-order valence-corrected chi connectivity index (χ1v) is 8.75. The molecule has 1 amide bonds. The van der Waals surface area contributed by atoms with E-state index in [2.05, 4.69) is 29.4 Å². The minimum Gasteiger partial charge on any atom is -0.479 e. The van der Waals surface area contributed by atoms with Crippen LogP contribution >= 0.6 is 34.7 Å². The number of ether oxygens (including phenoxy) is 1. The zero-order valence-electron chi connectivity index (χ0n) is 12.4. The first-order chi connectivity index (χ1) is 10.5. The van der Waals surface area contributed by atoms with Gasteiger partial charge in [-0.3, -0.25) is 10.1 Å². The number of para-hydroxylation sites is 1. The SMILES string of the molecule is CC(C)Sc1nnc(NC(=O)C(C)Oc2ccccc2Cl)s1. The van der Waals surface area contributed by atoms with E-state index in [1.54, 1.807) is 43.0 Å². The van der Waals surface area contributed by atoms with E-state index < -0.39 is 6.10 Å². The number of anilines is 1. The average molecular weight is 358 g/mol. The second-order valence-corrected chi connectivity index (χ2v) is 7.93. The molecule has 0 aliphatic rings. The maximum Gasteiger partial charge on any atom is 0.266 e. The van der Waals surface area contributed by atoms with Crippen molar-refractivity contribution in [2.45, 2.75) is 36.5 Å². The van der Waals surface area contributed by atoms with Crippen LogP contribution in [0.25, 0.3) is 0 Å². The van der Waals surface area contributed by atoms with Crippen LogP contribution in [0.15, 0.2) is 28.6 Å². The third kappa shape index (κ3) is 4.86. The van der Waals surface area contributed by atoms with Crippen molar-refractivity contribution >= 4 is 45.7 Å². The van der Waals surface area contributed by atoms with Crippen molar-refractivity contribution in [1.29, 1.82) is 0 Å². The molecule has 2 aromatic rings. The Morgan fingerprint density at radius 2 is 2.05 bits per heavy atom. The van der Waals surface area contributed by atoms with Gasteiger partial charge in [0, 0.05) is 5.25 Å². The van der Waals surface area contributed by atoms with Gasteiger partial charge in [0.1, 0.15) is 5.75 Å². The molecular formula is C14H16ClN3O2S2. The minimum absolute atomic E-state index is 0.294. The number of benzene rings is 1. The molecule has 0 saturated carbocycles. The summed E-state index contributed by atoms with van der Waals surface area (Å²) in [6.45, 7) is 5.80. The van der Waals surface area contributed by atoms with Gasteiger partial charge in [0.05, 0.1) is 5.02 Å².